The van der Waals surface area contributed by atoms with Crippen molar-refractivity contribution < 1.29 is 9.84 Å². The van der Waals surface area contributed by atoms with Crippen LogP contribution in [0, 0.1) is 0 Å². The number of hydrogen-bond donors (Lipinski definition) is 1. The molecule has 0 bridgehead atoms. The van der Waals surface area contributed by atoms with Crippen molar-refractivity contribution in [2.24, 2.45) is 4.99 Å². The molecule has 3 aromatic rings. The second-order valence-corrected chi connectivity index (χ2v) is 6.84. The van der Waals surface area contributed by atoms with Gasteiger partial charge in [0, 0.05) is 30.3 Å². The van der Waals surface area contributed by atoms with Crippen molar-refractivity contribution in [1.82, 2.24) is 14.8 Å². The summed E-state index contributed by atoms with van der Waals surface area (Å²) >= 11 is 0. The molecule has 2 heterocycles. The maximum absolute atomic E-state index is 10.3. The first kappa shape index (κ1) is 18.2. The Morgan fingerprint density at radius 3 is 2.93 bits per heavy atom. The topological polar surface area (TPSA) is 72.5 Å². The van der Waals surface area contributed by atoms with Crippen LogP contribution in [0.25, 0.3) is 11.4 Å². The third kappa shape index (κ3) is 3.76. The van der Waals surface area contributed by atoms with E-state index in [4.69, 9.17) is 4.74 Å². The van der Waals surface area contributed by atoms with Crippen molar-refractivity contribution in [2.75, 3.05) is 6.61 Å². The van der Waals surface area contributed by atoms with Gasteiger partial charge in [0.05, 0.1) is 12.3 Å². The Kier molecular flexibility index (Phi) is 5.37. The third-order valence-electron chi connectivity index (χ3n) is 4.90. The summed E-state index contributed by atoms with van der Waals surface area (Å²) in [5.41, 5.74) is 2.42. The Labute approximate surface area is 164 Å². The standard InChI is InChI=1S/C22H24N4O2/c1-2-28-19-11-7-9-17(21(19)27)15-23-18-10-6-8-16(14-18)22-25-24-20-12-4-3-5-13-26(20)22/h6-11,14-15,27H,2-5,12-13H2,1H3. The molecule has 0 amide bonds. The van der Waals surface area contributed by atoms with E-state index in [0.717, 1.165) is 42.3 Å². The van der Waals surface area contributed by atoms with Gasteiger partial charge in [-0.1, -0.05) is 24.6 Å². The summed E-state index contributed by atoms with van der Waals surface area (Å²) in [7, 11) is 0. The van der Waals surface area contributed by atoms with Crippen molar-refractivity contribution in [3.05, 3.63) is 53.9 Å². The van der Waals surface area contributed by atoms with Crippen LogP contribution in [0.15, 0.2) is 47.5 Å². The molecule has 6 heteroatoms. The number of aliphatic imine (C=N–C) groups is 1. The summed E-state index contributed by atoms with van der Waals surface area (Å²) in [5, 5.41) is 19.1. The number of phenols is 1. The zero-order valence-electron chi connectivity index (χ0n) is 16.0. The molecule has 144 valence electrons. The number of nitrogens with zero attached hydrogens (tertiary/aromatic N) is 4. The number of rotatable bonds is 5. The summed E-state index contributed by atoms with van der Waals surface area (Å²) in [6, 6.07) is 13.3. The first-order valence-corrected chi connectivity index (χ1v) is 9.77. The van der Waals surface area contributed by atoms with Gasteiger partial charge in [-0.25, -0.2) is 0 Å². The SMILES string of the molecule is CCOc1cccc(C=Nc2cccc(-c3nnc4n3CCCCC4)c2)c1O. The van der Waals surface area contributed by atoms with Crippen LogP contribution in [-0.2, 0) is 13.0 Å². The van der Waals surface area contributed by atoms with Gasteiger partial charge in [-0.15, -0.1) is 10.2 Å². The molecule has 0 atom stereocenters. The second-order valence-electron chi connectivity index (χ2n) is 6.84. The van der Waals surface area contributed by atoms with Crippen LogP contribution in [0.2, 0.25) is 0 Å². The lowest BCUT2D eigenvalue weighted by Gasteiger charge is -2.08. The van der Waals surface area contributed by atoms with Gasteiger partial charge >= 0.3 is 0 Å². The molecule has 6 nitrogen and oxygen atoms in total. The highest BCUT2D eigenvalue weighted by Gasteiger charge is 2.16. The van der Waals surface area contributed by atoms with Crippen molar-refractivity contribution in [1.29, 1.82) is 0 Å². The molecule has 0 aliphatic carbocycles. The fourth-order valence-electron chi connectivity index (χ4n) is 3.48. The van der Waals surface area contributed by atoms with Gasteiger partial charge in [0.15, 0.2) is 17.3 Å². The monoisotopic (exact) mass is 376 g/mol. The minimum absolute atomic E-state index is 0.104. The number of ether oxygens (including phenoxy) is 1. The van der Waals surface area contributed by atoms with E-state index in [-0.39, 0.29) is 5.75 Å². The molecule has 28 heavy (non-hydrogen) atoms. The predicted octanol–water partition coefficient (Wildman–Crippen LogP) is 4.53. The fraction of sp³-hybridized carbons (Fsp3) is 0.318. The van der Waals surface area contributed by atoms with E-state index < -0.39 is 0 Å². The maximum Gasteiger partial charge on any atom is 0.166 e. The zero-order chi connectivity index (χ0) is 19.3. The van der Waals surface area contributed by atoms with E-state index in [1.54, 1.807) is 12.3 Å². The van der Waals surface area contributed by atoms with E-state index >= 15 is 0 Å². The summed E-state index contributed by atoms with van der Waals surface area (Å²) in [5.74, 6) is 2.53. The molecule has 0 spiro atoms. The lowest BCUT2D eigenvalue weighted by atomic mass is 10.1. The molecule has 1 aromatic heterocycles. The van der Waals surface area contributed by atoms with Crippen LogP contribution in [0.4, 0.5) is 5.69 Å². The molecule has 4 rings (SSSR count). The second kappa shape index (κ2) is 8.25. The van der Waals surface area contributed by atoms with Crippen molar-refractivity contribution in [2.45, 2.75) is 39.2 Å². The number of hydrogen-bond acceptors (Lipinski definition) is 5. The Hall–Kier alpha value is -3.15. The highest BCUT2D eigenvalue weighted by molar-refractivity contribution is 5.86. The van der Waals surface area contributed by atoms with Crippen LogP contribution in [0.5, 0.6) is 11.5 Å². The molecule has 0 saturated carbocycles. The average Bonchev–Trinajstić information content (AvgIpc) is 2.97. The number of aromatic hydroxyl groups is 1. The van der Waals surface area contributed by atoms with Crippen LogP contribution in [0.3, 0.4) is 0 Å². The molecule has 1 aliphatic rings. The molecule has 0 saturated heterocycles. The van der Waals surface area contributed by atoms with E-state index in [0.29, 0.717) is 17.9 Å². The predicted molar refractivity (Wildman–Crippen MR) is 110 cm³/mol. The molecule has 0 radical (unpaired) electrons. The van der Waals surface area contributed by atoms with Gasteiger partial charge in [0.2, 0.25) is 0 Å². The molecule has 1 aliphatic heterocycles. The van der Waals surface area contributed by atoms with Crippen LogP contribution in [-0.4, -0.2) is 32.7 Å². The lowest BCUT2D eigenvalue weighted by Crippen LogP contribution is -2.02. The molecule has 0 fully saturated rings. The fourth-order valence-corrected chi connectivity index (χ4v) is 3.48. The van der Waals surface area contributed by atoms with Crippen LogP contribution >= 0.6 is 0 Å². The summed E-state index contributed by atoms with van der Waals surface area (Å²) in [4.78, 5) is 4.54. The first-order chi connectivity index (χ1) is 13.8. The number of benzene rings is 2. The Morgan fingerprint density at radius 2 is 2.04 bits per heavy atom. The maximum atomic E-state index is 10.3. The van der Waals surface area contributed by atoms with Gasteiger partial charge < -0.3 is 14.4 Å². The summed E-state index contributed by atoms with van der Waals surface area (Å²) < 4.78 is 7.66. The summed E-state index contributed by atoms with van der Waals surface area (Å²) in [6.45, 7) is 3.35. The minimum atomic E-state index is 0.104. The van der Waals surface area contributed by atoms with Crippen LogP contribution < -0.4 is 4.74 Å². The number of fused-ring (bicyclic) bond motifs is 1. The summed E-state index contributed by atoms with van der Waals surface area (Å²) in [6.07, 6.45) is 6.21. The van der Waals surface area contributed by atoms with Crippen LogP contribution in [0.1, 0.15) is 37.6 Å². The molecule has 1 N–H and O–H groups in total. The van der Waals surface area contributed by atoms with Gasteiger partial charge in [-0.2, -0.15) is 0 Å². The Balaban J connectivity index is 1.61. The smallest absolute Gasteiger partial charge is 0.166 e. The number of para-hydroxylation sites is 1. The first-order valence-electron chi connectivity index (χ1n) is 9.77. The van der Waals surface area contributed by atoms with Gasteiger partial charge in [0.1, 0.15) is 5.82 Å². The average molecular weight is 376 g/mol. The molecular weight excluding hydrogens is 352 g/mol. The number of aryl methyl sites for hydroxylation is 1. The highest BCUT2D eigenvalue weighted by atomic mass is 16.5. The normalized spacial score (nSPS) is 14.0. The number of phenolic OH excluding ortho intramolecular Hbond substituents is 1. The van der Waals surface area contributed by atoms with E-state index in [1.165, 1.54) is 12.8 Å². The number of aromatic nitrogens is 3. The van der Waals surface area contributed by atoms with Crippen molar-refractivity contribution in [3.63, 3.8) is 0 Å². The van der Waals surface area contributed by atoms with Gasteiger partial charge in [-0.05, 0) is 44.0 Å². The van der Waals surface area contributed by atoms with E-state index in [2.05, 4.69) is 19.8 Å². The van der Waals surface area contributed by atoms with Crippen molar-refractivity contribution >= 4 is 11.9 Å². The third-order valence-corrected chi connectivity index (χ3v) is 4.90. The van der Waals surface area contributed by atoms with Gasteiger partial charge in [-0.3, -0.25) is 4.99 Å². The lowest BCUT2D eigenvalue weighted by molar-refractivity contribution is 0.318. The molecular formula is C22H24N4O2. The Bertz CT molecular complexity index is 994. The zero-order valence-corrected chi connectivity index (χ0v) is 16.0. The van der Waals surface area contributed by atoms with E-state index in [9.17, 15) is 5.11 Å². The van der Waals surface area contributed by atoms with E-state index in [1.807, 2.05) is 43.3 Å². The largest absolute Gasteiger partial charge is 0.504 e. The minimum Gasteiger partial charge on any atom is -0.504 e. The van der Waals surface area contributed by atoms with Gasteiger partial charge in [0.25, 0.3) is 0 Å². The Morgan fingerprint density at radius 1 is 1.14 bits per heavy atom. The molecule has 2 aromatic carbocycles. The quantitative estimate of drug-likeness (QED) is 0.664. The van der Waals surface area contributed by atoms with Crippen molar-refractivity contribution in [3.8, 4) is 22.9 Å². The highest BCUT2D eigenvalue weighted by Crippen LogP contribution is 2.30. The molecule has 0 unspecified atom stereocenters.